The van der Waals surface area contributed by atoms with E-state index < -0.39 is 0 Å². The Bertz CT molecular complexity index is 328. The summed E-state index contributed by atoms with van der Waals surface area (Å²) < 4.78 is 0.873. The molecular formula is C8H6BrNS. The molecule has 0 fully saturated rings. The molecule has 0 radical (unpaired) electrons. The van der Waals surface area contributed by atoms with Gasteiger partial charge in [-0.25, -0.2) is 0 Å². The molecule has 3 heteroatoms. The van der Waals surface area contributed by atoms with Gasteiger partial charge in [0.05, 0.1) is 5.56 Å². The molecule has 1 aromatic carbocycles. The quantitative estimate of drug-likeness (QED) is 0.678. The molecule has 1 rings (SSSR count). The highest BCUT2D eigenvalue weighted by atomic mass is 79.9. The molecule has 0 saturated heterocycles. The van der Waals surface area contributed by atoms with Gasteiger partial charge >= 0.3 is 0 Å². The van der Waals surface area contributed by atoms with Crippen LogP contribution in [0.25, 0.3) is 0 Å². The van der Waals surface area contributed by atoms with Gasteiger partial charge in [-0.05, 0) is 40.5 Å². The third-order valence-corrected chi connectivity index (χ3v) is 2.74. The average molecular weight is 228 g/mol. The second-order valence-electron chi connectivity index (χ2n) is 2.25. The molecule has 0 aliphatic rings. The van der Waals surface area contributed by atoms with Gasteiger partial charge in [-0.3, -0.25) is 0 Å². The molecule has 56 valence electrons. The van der Waals surface area contributed by atoms with Crippen LogP contribution in [0, 0.1) is 18.3 Å². The van der Waals surface area contributed by atoms with Crippen LogP contribution in [0.15, 0.2) is 21.5 Å². The first-order chi connectivity index (χ1) is 5.15. The molecule has 1 aromatic rings. The second-order valence-corrected chi connectivity index (χ2v) is 3.56. The summed E-state index contributed by atoms with van der Waals surface area (Å²) in [6.07, 6.45) is 0. The van der Waals surface area contributed by atoms with Crippen molar-refractivity contribution in [1.82, 2.24) is 0 Å². The molecule has 11 heavy (non-hydrogen) atoms. The lowest BCUT2D eigenvalue weighted by atomic mass is 10.1. The van der Waals surface area contributed by atoms with Gasteiger partial charge in [-0.1, -0.05) is 0 Å². The Hall–Kier alpha value is -0.460. The highest BCUT2D eigenvalue weighted by Crippen LogP contribution is 2.25. The minimum Gasteiger partial charge on any atom is -0.192 e. The number of nitriles is 1. The average Bonchev–Trinajstić information content (AvgIpc) is 1.96. The number of aryl methyl sites for hydroxylation is 1. The summed E-state index contributed by atoms with van der Waals surface area (Å²) in [6.45, 7) is 1.94. The molecule has 1 nitrogen and oxygen atoms in total. The molecule has 0 atom stereocenters. The normalized spacial score (nSPS) is 9.27. The Balaban J connectivity index is 3.39. The summed E-state index contributed by atoms with van der Waals surface area (Å²) in [7, 11) is 0. The standard InChI is InChI=1S/C8H6BrNS/c1-5-2-6(4-10)8(11)7(9)3-5/h2-3,11H,1H3. The zero-order chi connectivity index (χ0) is 8.43. The number of thiol groups is 1. The van der Waals surface area contributed by atoms with Crippen LogP contribution in [-0.4, -0.2) is 0 Å². The molecule has 0 aliphatic heterocycles. The second kappa shape index (κ2) is 3.29. The molecule has 0 bridgehead atoms. The summed E-state index contributed by atoms with van der Waals surface area (Å²) in [5, 5.41) is 8.65. The predicted molar refractivity (Wildman–Crippen MR) is 50.8 cm³/mol. The largest absolute Gasteiger partial charge is 0.192 e. The summed E-state index contributed by atoms with van der Waals surface area (Å²) >= 11 is 7.48. The van der Waals surface area contributed by atoms with Crippen LogP contribution < -0.4 is 0 Å². The summed E-state index contributed by atoms with van der Waals surface area (Å²) in [4.78, 5) is 0.707. The van der Waals surface area contributed by atoms with E-state index >= 15 is 0 Å². The lowest BCUT2D eigenvalue weighted by Crippen LogP contribution is -1.82. The number of nitrogens with zero attached hydrogens (tertiary/aromatic N) is 1. The van der Waals surface area contributed by atoms with Crippen molar-refractivity contribution in [1.29, 1.82) is 5.26 Å². The van der Waals surface area contributed by atoms with Crippen molar-refractivity contribution in [2.75, 3.05) is 0 Å². The maximum atomic E-state index is 8.65. The van der Waals surface area contributed by atoms with Gasteiger partial charge in [0.25, 0.3) is 0 Å². The van der Waals surface area contributed by atoms with E-state index in [9.17, 15) is 0 Å². The maximum absolute atomic E-state index is 8.65. The number of rotatable bonds is 0. The number of hydrogen-bond acceptors (Lipinski definition) is 2. The minimum atomic E-state index is 0.611. The van der Waals surface area contributed by atoms with E-state index in [2.05, 4.69) is 34.6 Å². The van der Waals surface area contributed by atoms with E-state index in [1.165, 1.54) is 0 Å². The number of hydrogen-bond donors (Lipinski definition) is 1. The SMILES string of the molecule is Cc1cc(Br)c(S)c(C#N)c1. The minimum absolute atomic E-state index is 0.611. The van der Waals surface area contributed by atoms with Crippen molar-refractivity contribution in [3.05, 3.63) is 27.7 Å². The molecule has 0 amide bonds. The fourth-order valence-corrected chi connectivity index (χ4v) is 1.57. The van der Waals surface area contributed by atoms with Crippen molar-refractivity contribution in [2.24, 2.45) is 0 Å². The van der Waals surface area contributed by atoms with Crippen LogP contribution in [-0.2, 0) is 0 Å². The van der Waals surface area contributed by atoms with E-state index in [4.69, 9.17) is 5.26 Å². The number of benzene rings is 1. The van der Waals surface area contributed by atoms with Gasteiger partial charge < -0.3 is 0 Å². The summed E-state index contributed by atoms with van der Waals surface area (Å²) in [5.74, 6) is 0. The number of halogens is 1. The smallest absolute Gasteiger partial charge is 0.100 e. The van der Waals surface area contributed by atoms with Crippen molar-refractivity contribution >= 4 is 28.6 Å². The fourth-order valence-electron chi connectivity index (χ4n) is 0.820. The summed E-state index contributed by atoms with van der Waals surface area (Å²) in [6, 6.07) is 5.82. The van der Waals surface area contributed by atoms with Crippen LogP contribution in [0.5, 0.6) is 0 Å². The van der Waals surface area contributed by atoms with Crippen molar-refractivity contribution in [3.8, 4) is 6.07 Å². The molecular weight excluding hydrogens is 222 g/mol. The van der Waals surface area contributed by atoms with E-state index in [0.29, 0.717) is 10.5 Å². The van der Waals surface area contributed by atoms with Crippen molar-refractivity contribution in [3.63, 3.8) is 0 Å². The Labute approximate surface area is 79.6 Å². The van der Waals surface area contributed by atoms with E-state index in [1.54, 1.807) is 0 Å². The topological polar surface area (TPSA) is 23.8 Å². The molecule has 0 spiro atoms. The first-order valence-electron chi connectivity index (χ1n) is 3.04. The Morgan fingerprint density at radius 3 is 2.73 bits per heavy atom. The molecule has 0 heterocycles. The van der Waals surface area contributed by atoms with Crippen LogP contribution >= 0.6 is 28.6 Å². The first-order valence-corrected chi connectivity index (χ1v) is 4.28. The van der Waals surface area contributed by atoms with Crippen molar-refractivity contribution in [2.45, 2.75) is 11.8 Å². The van der Waals surface area contributed by atoms with Crippen LogP contribution in [0.2, 0.25) is 0 Å². The lowest BCUT2D eigenvalue weighted by molar-refractivity contribution is 1.29. The fraction of sp³-hybridized carbons (Fsp3) is 0.125. The molecule has 0 aliphatic carbocycles. The first kappa shape index (κ1) is 8.63. The predicted octanol–water partition coefficient (Wildman–Crippen LogP) is 2.92. The van der Waals surface area contributed by atoms with Gasteiger partial charge in [-0.2, -0.15) is 5.26 Å². The monoisotopic (exact) mass is 227 g/mol. The highest BCUT2D eigenvalue weighted by Gasteiger charge is 2.02. The molecule has 0 unspecified atom stereocenters. The Kier molecular flexibility index (Phi) is 2.58. The molecule has 0 aromatic heterocycles. The van der Waals surface area contributed by atoms with Gasteiger partial charge in [-0.15, -0.1) is 12.6 Å². The van der Waals surface area contributed by atoms with Gasteiger partial charge in [0.1, 0.15) is 6.07 Å². The van der Waals surface area contributed by atoms with Crippen LogP contribution in [0.3, 0.4) is 0 Å². The molecule has 0 saturated carbocycles. The van der Waals surface area contributed by atoms with E-state index in [0.717, 1.165) is 10.0 Å². The Morgan fingerprint density at radius 2 is 2.18 bits per heavy atom. The van der Waals surface area contributed by atoms with Crippen LogP contribution in [0.4, 0.5) is 0 Å². The van der Waals surface area contributed by atoms with E-state index in [-0.39, 0.29) is 0 Å². The van der Waals surface area contributed by atoms with Gasteiger partial charge in [0.15, 0.2) is 0 Å². The third-order valence-electron chi connectivity index (χ3n) is 1.33. The highest BCUT2D eigenvalue weighted by molar-refractivity contribution is 9.10. The zero-order valence-corrected chi connectivity index (χ0v) is 8.41. The molecule has 0 N–H and O–H groups in total. The third kappa shape index (κ3) is 1.76. The van der Waals surface area contributed by atoms with Gasteiger partial charge in [0.2, 0.25) is 0 Å². The van der Waals surface area contributed by atoms with E-state index in [1.807, 2.05) is 19.1 Å². The Morgan fingerprint density at radius 1 is 1.55 bits per heavy atom. The van der Waals surface area contributed by atoms with Crippen molar-refractivity contribution < 1.29 is 0 Å². The lowest BCUT2D eigenvalue weighted by Gasteiger charge is -2.00. The van der Waals surface area contributed by atoms with Gasteiger partial charge in [0, 0.05) is 9.37 Å². The summed E-state index contributed by atoms with van der Waals surface area (Å²) in [5.41, 5.74) is 1.67. The maximum Gasteiger partial charge on any atom is 0.100 e. The zero-order valence-electron chi connectivity index (χ0n) is 5.93. The van der Waals surface area contributed by atoms with Crippen LogP contribution in [0.1, 0.15) is 11.1 Å².